The molecule has 0 spiro atoms. The highest BCUT2D eigenvalue weighted by molar-refractivity contribution is 6.33. The second-order valence-corrected chi connectivity index (χ2v) is 4.43. The van der Waals surface area contributed by atoms with Crippen molar-refractivity contribution in [2.75, 3.05) is 0 Å². The molecule has 0 unspecified atom stereocenters. The number of aromatic nitrogens is 2. The molecule has 0 aliphatic rings. The first-order chi connectivity index (χ1) is 8.04. The number of carbonyl (C=O) groups excluding carboxylic acids is 1. The molecule has 2 rings (SSSR count). The number of halogens is 1. The van der Waals surface area contributed by atoms with Gasteiger partial charge in [-0.15, -0.1) is 0 Å². The Labute approximate surface area is 105 Å². The zero-order valence-electron chi connectivity index (χ0n) is 9.99. The van der Waals surface area contributed by atoms with Gasteiger partial charge in [0, 0.05) is 23.9 Å². The molecule has 1 heterocycles. The van der Waals surface area contributed by atoms with Gasteiger partial charge in [-0.25, -0.2) is 0 Å². The Morgan fingerprint density at radius 3 is 2.53 bits per heavy atom. The number of rotatable bonds is 2. The second kappa shape index (κ2) is 4.34. The van der Waals surface area contributed by atoms with Gasteiger partial charge in [-0.1, -0.05) is 17.7 Å². The van der Waals surface area contributed by atoms with Crippen LogP contribution in [0.2, 0.25) is 5.02 Å². The van der Waals surface area contributed by atoms with E-state index in [4.69, 9.17) is 11.6 Å². The third-order valence-electron chi connectivity index (χ3n) is 2.93. The van der Waals surface area contributed by atoms with Gasteiger partial charge in [0.2, 0.25) is 0 Å². The Morgan fingerprint density at radius 2 is 2.06 bits per heavy atom. The Bertz CT molecular complexity index is 587. The quantitative estimate of drug-likeness (QED) is 0.765. The molecular weight excluding hydrogens is 236 g/mol. The van der Waals surface area contributed by atoms with E-state index < -0.39 is 0 Å². The van der Waals surface area contributed by atoms with Crippen LogP contribution in [-0.4, -0.2) is 16.1 Å². The first-order valence-corrected chi connectivity index (χ1v) is 5.67. The summed E-state index contributed by atoms with van der Waals surface area (Å²) < 4.78 is 1.84. The lowest BCUT2D eigenvalue weighted by Gasteiger charge is -2.04. The van der Waals surface area contributed by atoms with Crippen molar-refractivity contribution in [3.8, 4) is 11.1 Å². The average Bonchev–Trinajstić information content (AvgIpc) is 2.53. The molecular formula is C13H13ClN2O. The smallest absolute Gasteiger partial charge is 0.151 e. The van der Waals surface area contributed by atoms with Crippen molar-refractivity contribution in [1.82, 2.24) is 9.78 Å². The summed E-state index contributed by atoms with van der Waals surface area (Å²) in [5, 5.41) is 4.84. The first kappa shape index (κ1) is 11.9. The molecule has 0 radical (unpaired) electrons. The van der Waals surface area contributed by atoms with E-state index in [-0.39, 0.29) is 0 Å². The fourth-order valence-electron chi connectivity index (χ4n) is 1.97. The van der Waals surface area contributed by atoms with Gasteiger partial charge >= 0.3 is 0 Å². The highest BCUT2D eigenvalue weighted by Gasteiger charge is 2.12. The summed E-state index contributed by atoms with van der Waals surface area (Å²) in [6.07, 6.45) is 0.759. The summed E-state index contributed by atoms with van der Waals surface area (Å²) in [6, 6.07) is 5.44. The Morgan fingerprint density at radius 1 is 1.35 bits per heavy atom. The third-order valence-corrected chi connectivity index (χ3v) is 3.25. The van der Waals surface area contributed by atoms with E-state index in [0.29, 0.717) is 10.6 Å². The lowest BCUT2D eigenvalue weighted by molar-refractivity contribution is 0.112. The Hall–Kier alpha value is -1.61. The van der Waals surface area contributed by atoms with Crippen molar-refractivity contribution < 1.29 is 4.79 Å². The first-order valence-electron chi connectivity index (χ1n) is 5.30. The maximum absolute atomic E-state index is 10.7. The highest BCUT2D eigenvalue weighted by Crippen LogP contribution is 2.29. The molecule has 1 aromatic carbocycles. The number of hydrogen-bond acceptors (Lipinski definition) is 2. The molecule has 3 nitrogen and oxygen atoms in total. The molecule has 0 fully saturated rings. The minimum atomic E-state index is 0.472. The number of benzene rings is 1. The molecule has 0 saturated carbocycles. The predicted octanol–water partition coefficient (Wildman–Crippen LogP) is 3.17. The maximum atomic E-state index is 10.7. The van der Waals surface area contributed by atoms with Gasteiger partial charge in [-0.3, -0.25) is 9.48 Å². The topological polar surface area (TPSA) is 34.9 Å². The van der Waals surface area contributed by atoms with Crippen LogP contribution < -0.4 is 0 Å². The van der Waals surface area contributed by atoms with Crippen LogP contribution in [0.1, 0.15) is 21.7 Å². The fourth-order valence-corrected chi connectivity index (χ4v) is 2.19. The minimum absolute atomic E-state index is 0.472. The van der Waals surface area contributed by atoms with E-state index in [1.165, 1.54) is 0 Å². The van der Waals surface area contributed by atoms with Crippen molar-refractivity contribution in [3.05, 3.63) is 40.2 Å². The second-order valence-electron chi connectivity index (χ2n) is 4.02. The van der Waals surface area contributed by atoms with Crippen molar-refractivity contribution in [2.45, 2.75) is 13.8 Å². The molecule has 4 heteroatoms. The molecule has 0 saturated heterocycles. The average molecular weight is 249 g/mol. The van der Waals surface area contributed by atoms with Crippen LogP contribution in [0.3, 0.4) is 0 Å². The van der Waals surface area contributed by atoms with Crippen LogP contribution in [-0.2, 0) is 7.05 Å². The lowest BCUT2D eigenvalue weighted by atomic mass is 10.0. The van der Waals surface area contributed by atoms with E-state index in [1.807, 2.05) is 37.7 Å². The van der Waals surface area contributed by atoms with Crippen LogP contribution in [0.15, 0.2) is 18.2 Å². The lowest BCUT2D eigenvalue weighted by Crippen LogP contribution is -1.92. The fraction of sp³-hybridized carbons (Fsp3) is 0.231. The molecule has 88 valence electrons. The summed E-state index contributed by atoms with van der Waals surface area (Å²) in [5.41, 5.74) is 4.61. The molecule has 0 amide bonds. The SMILES string of the molecule is Cc1nn(C)c(C)c1-c1ccc(C=O)c(Cl)c1. The van der Waals surface area contributed by atoms with Gasteiger partial charge in [0.05, 0.1) is 10.7 Å². The summed E-state index contributed by atoms with van der Waals surface area (Å²) in [6.45, 7) is 3.97. The van der Waals surface area contributed by atoms with Crippen molar-refractivity contribution in [3.63, 3.8) is 0 Å². The molecule has 0 bridgehead atoms. The molecule has 0 aliphatic carbocycles. The molecule has 0 atom stereocenters. The summed E-state index contributed by atoms with van der Waals surface area (Å²) in [5.74, 6) is 0. The van der Waals surface area contributed by atoms with E-state index in [1.54, 1.807) is 6.07 Å². The molecule has 0 aliphatic heterocycles. The van der Waals surface area contributed by atoms with Crippen LogP contribution >= 0.6 is 11.6 Å². The van der Waals surface area contributed by atoms with Gasteiger partial charge in [0.15, 0.2) is 6.29 Å². The standard InChI is InChI=1S/C13H13ClN2O/c1-8-13(9(2)16(3)15-8)10-4-5-11(7-17)12(14)6-10/h4-7H,1-3H3. The summed E-state index contributed by atoms with van der Waals surface area (Å²) in [4.78, 5) is 10.7. The Kier molecular flexibility index (Phi) is 3.03. The number of aryl methyl sites for hydroxylation is 2. The van der Waals surface area contributed by atoms with Crippen LogP contribution in [0.25, 0.3) is 11.1 Å². The van der Waals surface area contributed by atoms with Gasteiger partial charge in [0.1, 0.15) is 0 Å². The maximum Gasteiger partial charge on any atom is 0.151 e. The van der Waals surface area contributed by atoms with E-state index in [9.17, 15) is 4.79 Å². The monoisotopic (exact) mass is 248 g/mol. The summed E-state index contributed by atoms with van der Waals surface area (Å²) in [7, 11) is 1.91. The number of nitrogens with zero attached hydrogens (tertiary/aromatic N) is 2. The van der Waals surface area contributed by atoms with E-state index in [0.717, 1.165) is 28.8 Å². The Balaban J connectivity index is 2.61. The predicted molar refractivity (Wildman–Crippen MR) is 68.5 cm³/mol. The zero-order chi connectivity index (χ0) is 12.6. The van der Waals surface area contributed by atoms with E-state index >= 15 is 0 Å². The normalized spacial score (nSPS) is 10.6. The molecule has 0 N–H and O–H groups in total. The van der Waals surface area contributed by atoms with Gasteiger partial charge < -0.3 is 0 Å². The molecule has 1 aromatic heterocycles. The third kappa shape index (κ3) is 1.98. The molecule has 17 heavy (non-hydrogen) atoms. The minimum Gasteiger partial charge on any atom is -0.298 e. The highest BCUT2D eigenvalue weighted by atomic mass is 35.5. The van der Waals surface area contributed by atoms with Crippen molar-refractivity contribution in [2.24, 2.45) is 7.05 Å². The van der Waals surface area contributed by atoms with Gasteiger partial charge in [-0.05, 0) is 31.5 Å². The number of hydrogen-bond donors (Lipinski definition) is 0. The number of carbonyl (C=O) groups is 1. The summed E-state index contributed by atoms with van der Waals surface area (Å²) >= 11 is 6.03. The van der Waals surface area contributed by atoms with E-state index in [2.05, 4.69) is 5.10 Å². The van der Waals surface area contributed by atoms with Crippen LogP contribution in [0.5, 0.6) is 0 Å². The molecule has 2 aromatic rings. The van der Waals surface area contributed by atoms with Crippen LogP contribution in [0, 0.1) is 13.8 Å². The van der Waals surface area contributed by atoms with Gasteiger partial charge in [0.25, 0.3) is 0 Å². The van der Waals surface area contributed by atoms with Crippen LogP contribution in [0.4, 0.5) is 0 Å². The zero-order valence-corrected chi connectivity index (χ0v) is 10.7. The number of aldehydes is 1. The van der Waals surface area contributed by atoms with Crippen molar-refractivity contribution in [1.29, 1.82) is 0 Å². The van der Waals surface area contributed by atoms with Crippen molar-refractivity contribution >= 4 is 17.9 Å². The largest absolute Gasteiger partial charge is 0.298 e. The van der Waals surface area contributed by atoms with Gasteiger partial charge in [-0.2, -0.15) is 5.10 Å².